The van der Waals surface area contributed by atoms with Crippen LogP contribution in [0.1, 0.15) is 16.2 Å². The second-order valence-corrected chi connectivity index (χ2v) is 5.68. The molecule has 1 N–H and O–H groups in total. The lowest BCUT2D eigenvalue weighted by Gasteiger charge is -2.07. The van der Waals surface area contributed by atoms with Gasteiger partial charge in [0.15, 0.2) is 10.3 Å². The molecule has 3 aromatic rings. The molecule has 0 aliphatic carbocycles. The number of anilines is 1. The molecule has 0 aliphatic heterocycles. The summed E-state index contributed by atoms with van der Waals surface area (Å²) >= 11 is 0.720. The number of aromatic nitrogens is 3. The van der Waals surface area contributed by atoms with Crippen LogP contribution in [0.4, 0.5) is 13.9 Å². The summed E-state index contributed by atoms with van der Waals surface area (Å²) in [5.74, 6) is -0.991. The summed E-state index contributed by atoms with van der Waals surface area (Å²) in [6.45, 7) is 1.72. The van der Waals surface area contributed by atoms with Crippen molar-refractivity contribution in [1.82, 2.24) is 15.0 Å². The number of hydrogen-bond donors (Lipinski definition) is 1. The molecule has 3 rings (SSSR count). The molecule has 0 aromatic carbocycles. The molecule has 0 spiro atoms. The van der Waals surface area contributed by atoms with Gasteiger partial charge in [-0.2, -0.15) is 4.39 Å². The van der Waals surface area contributed by atoms with Gasteiger partial charge < -0.3 is 0 Å². The number of thiazole rings is 1. The van der Waals surface area contributed by atoms with Crippen LogP contribution in [-0.2, 0) is 0 Å². The molecule has 0 radical (unpaired) electrons. The molecule has 1 amide bonds. The van der Waals surface area contributed by atoms with Crippen molar-refractivity contribution in [3.05, 3.63) is 59.1 Å². The predicted molar refractivity (Wildman–Crippen MR) is 82.2 cm³/mol. The highest BCUT2D eigenvalue weighted by Gasteiger charge is 2.13. The van der Waals surface area contributed by atoms with Crippen molar-refractivity contribution in [2.24, 2.45) is 0 Å². The first kappa shape index (κ1) is 15.2. The van der Waals surface area contributed by atoms with Gasteiger partial charge in [0.2, 0.25) is 0 Å². The monoisotopic (exact) mass is 332 g/mol. The van der Waals surface area contributed by atoms with E-state index in [9.17, 15) is 13.6 Å². The summed E-state index contributed by atoms with van der Waals surface area (Å²) in [5.41, 5.74) is 1.85. The number of nitrogens with one attached hydrogen (secondary N) is 1. The standard InChI is InChI=1S/C15H10F2N4OS/c1-8-2-9(10-3-11(16)6-18-5-10)4-12(20-8)14(22)21-15-19-7-13(17)23-15/h2-7H,1H3,(H,19,21,22). The molecule has 0 bridgehead atoms. The highest BCUT2D eigenvalue weighted by molar-refractivity contribution is 7.14. The molecule has 0 unspecified atom stereocenters. The topological polar surface area (TPSA) is 67.8 Å². The van der Waals surface area contributed by atoms with E-state index in [1.165, 1.54) is 18.3 Å². The normalized spacial score (nSPS) is 10.6. The Kier molecular flexibility index (Phi) is 4.07. The van der Waals surface area contributed by atoms with E-state index in [-0.39, 0.29) is 10.8 Å². The molecule has 5 nitrogen and oxygen atoms in total. The van der Waals surface area contributed by atoms with Crippen LogP contribution in [0.3, 0.4) is 0 Å². The maximum Gasteiger partial charge on any atom is 0.276 e. The second-order valence-electron chi connectivity index (χ2n) is 4.70. The van der Waals surface area contributed by atoms with Crippen LogP contribution >= 0.6 is 11.3 Å². The Morgan fingerprint density at radius 1 is 1.13 bits per heavy atom. The van der Waals surface area contributed by atoms with E-state index in [1.54, 1.807) is 13.0 Å². The first-order valence-electron chi connectivity index (χ1n) is 6.53. The minimum atomic E-state index is -0.520. The van der Waals surface area contributed by atoms with Gasteiger partial charge in [0.25, 0.3) is 5.91 Å². The third-order valence-corrected chi connectivity index (χ3v) is 3.62. The highest BCUT2D eigenvalue weighted by Crippen LogP contribution is 2.22. The summed E-state index contributed by atoms with van der Waals surface area (Å²) in [5, 5.41) is 2.12. The lowest BCUT2D eigenvalue weighted by molar-refractivity contribution is 0.102. The molecular weight excluding hydrogens is 322 g/mol. The molecule has 0 aliphatic rings. The molecule has 3 heterocycles. The Hall–Kier alpha value is -2.74. The zero-order valence-corrected chi connectivity index (χ0v) is 12.7. The van der Waals surface area contributed by atoms with E-state index >= 15 is 0 Å². The zero-order valence-electron chi connectivity index (χ0n) is 11.9. The summed E-state index contributed by atoms with van der Waals surface area (Å²) in [6, 6.07) is 4.55. The summed E-state index contributed by atoms with van der Waals surface area (Å²) < 4.78 is 26.2. The van der Waals surface area contributed by atoms with Crippen molar-refractivity contribution in [3.8, 4) is 11.1 Å². The molecule has 0 saturated carbocycles. The van der Waals surface area contributed by atoms with Crippen molar-refractivity contribution < 1.29 is 13.6 Å². The van der Waals surface area contributed by atoms with Crippen LogP contribution in [0.25, 0.3) is 11.1 Å². The first-order valence-corrected chi connectivity index (χ1v) is 7.35. The minimum Gasteiger partial charge on any atom is -0.296 e. The zero-order chi connectivity index (χ0) is 16.4. The summed E-state index contributed by atoms with van der Waals surface area (Å²) in [7, 11) is 0. The number of carbonyl (C=O) groups excluding carboxylic acids is 1. The van der Waals surface area contributed by atoms with E-state index in [0.717, 1.165) is 23.7 Å². The predicted octanol–water partition coefficient (Wildman–Crippen LogP) is 3.44. The van der Waals surface area contributed by atoms with Crippen LogP contribution in [-0.4, -0.2) is 20.9 Å². The van der Waals surface area contributed by atoms with Gasteiger partial charge in [-0.15, -0.1) is 0 Å². The van der Waals surface area contributed by atoms with Gasteiger partial charge >= 0.3 is 0 Å². The Labute approximate surface area is 134 Å². The van der Waals surface area contributed by atoms with Crippen LogP contribution in [0.5, 0.6) is 0 Å². The maximum atomic E-state index is 13.3. The third kappa shape index (κ3) is 3.54. The van der Waals surface area contributed by atoms with Gasteiger partial charge in [-0.1, -0.05) is 11.3 Å². The molecule has 0 fully saturated rings. The quantitative estimate of drug-likeness (QED) is 0.798. The van der Waals surface area contributed by atoms with Crippen molar-refractivity contribution in [2.75, 3.05) is 5.32 Å². The Morgan fingerprint density at radius 3 is 2.65 bits per heavy atom. The van der Waals surface area contributed by atoms with E-state index in [4.69, 9.17) is 0 Å². The Balaban J connectivity index is 1.92. The average Bonchev–Trinajstić information content (AvgIpc) is 2.91. The van der Waals surface area contributed by atoms with Crippen molar-refractivity contribution >= 4 is 22.4 Å². The fourth-order valence-electron chi connectivity index (χ4n) is 1.99. The number of amides is 1. The number of pyridine rings is 2. The number of hydrogen-bond acceptors (Lipinski definition) is 5. The van der Waals surface area contributed by atoms with Crippen molar-refractivity contribution in [1.29, 1.82) is 0 Å². The summed E-state index contributed by atoms with van der Waals surface area (Å²) in [6.07, 6.45) is 3.62. The third-order valence-electron chi connectivity index (χ3n) is 2.92. The van der Waals surface area contributed by atoms with E-state index < -0.39 is 16.9 Å². The lowest BCUT2D eigenvalue weighted by atomic mass is 10.1. The fourth-order valence-corrected chi connectivity index (χ4v) is 2.53. The van der Waals surface area contributed by atoms with Gasteiger partial charge in [-0.25, -0.2) is 14.4 Å². The van der Waals surface area contributed by atoms with Crippen molar-refractivity contribution in [2.45, 2.75) is 6.92 Å². The average molecular weight is 332 g/mol. The van der Waals surface area contributed by atoms with Crippen LogP contribution in [0, 0.1) is 17.9 Å². The molecular formula is C15H10F2N4OS. The largest absolute Gasteiger partial charge is 0.296 e. The van der Waals surface area contributed by atoms with Gasteiger partial charge in [0, 0.05) is 17.5 Å². The SMILES string of the molecule is Cc1cc(-c2cncc(F)c2)cc(C(=O)Nc2ncc(F)s2)n1. The molecule has 0 atom stereocenters. The smallest absolute Gasteiger partial charge is 0.276 e. The number of nitrogens with zero attached hydrogens (tertiary/aromatic N) is 3. The number of carbonyl (C=O) groups is 1. The van der Waals surface area contributed by atoms with Gasteiger partial charge in [-0.05, 0) is 30.7 Å². The maximum absolute atomic E-state index is 13.3. The van der Waals surface area contributed by atoms with Crippen LogP contribution in [0.2, 0.25) is 0 Å². The summed E-state index contributed by atoms with van der Waals surface area (Å²) in [4.78, 5) is 23.9. The van der Waals surface area contributed by atoms with Gasteiger partial charge in [0.05, 0.1) is 12.4 Å². The van der Waals surface area contributed by atoms with E-state index in [2.05, 4.69) is 20.3 Å². The number of halogens is 2. The van der Waals surface area contributed by atoms with Crippen LogP contribution < -0.4 is 5.32 Å². The molecule has 3 aromatic heterocycles. The first-order chi connectivity index (χ1) is 11.0. The highest BCUT2D eigenvalue weighted by atomic mass is 32.1. The van der Waals surface area contributed by atoms with Gasteiger partial charge in [0.1, 0.15) is 11.5 Å². The molecule has 23 heavy (non-hydrogen) atoms. The van der Waals surface area contributed by atoms with E-state index in [1.807, 2.05) is 0 Å². The van der Waals surface area contributed by atoms with Gasteiger partial charge in [-0.3, -0.25) is 15.1 Å². The van der Waals surface area contributed by atoms with Crippen LogP contribution in [0.15, 0.2) is 36.8 Å². The van der Waals surface area contributed by atoms with E-state index in [0.29, 0.717) is 16.8 Å². The number of rotatable bonds is 3. The molecule has 0 saturated heterocycles. The fraction of sp³-hybridized carbons (Fsp3) is 0.0667. The van der Waals surface area contributed by atoms with Crippen molar-refractivity contribution in [3.63, 3.8) is 0 Å². The molecule has 116 valence electrons. The Bertz CT molecular complexity index is 881. The second kappa shape index (κ2) is 6.17. The molecule has 8 heteroatoms. The lowest BCUT2D eigenvalue weighted by Crippen LogP contribution is -2.14. The Morgan fingerprint density at radius 2 is 1.96 bits per heavy atom. The number of aryl methyl sites for hydroxylation is 1. The minimum absolute atomic E-state index is 0.125.